The Labute approximate surface area is 249 Å². The van der Waals surface area contributed by atoms with E-state index >= 15 is 0 Å². The quantitative estimate of drug-likeness (QED) is 0.103. The molecular weight excluding hydrogens is 573 g/mol. The molecule has 14 nitrogen and oxygen atoms in total. The molecule has 0 aromatic carbocycles. The molecule has 1 rings (SSSR count). The van der Waals surface area contributed by atoms with Crippen molar-refractivity contribution in [3.63, 3.8) is 0 Å². The van der Waals surface area contributed by atoms with Gasteiger partial charge in [0.2, 0.25) is 5.91 Å². The van der Waals surface area contributed by atoms with E-state index in [0.29, 0.717) is 19.4 Å². The third kappa shape index (κ3) is 13.7. The number of nitrogens with one attached hydrogen (secondary N) is 1. The van der Waals surface area contributed by atoms with Gasteiger partial charge < -0.3 is 38.0 Å². The molecule has 0 spiro atoms. The normalized spacial score (nSPS) is 22.9. The number of nitrogens with zero attached hydrogens (tertiary/aromatic N) is 2. The van der Waals surface area contributed by atoms with Crippen LogP contribution in [0.3, 0.4) is 0 Å². The molecule has 42 heavy (non-hydrogen) atoms. The highest BCUT2D eigenvalue weighted by Gasteiger charge is 2.51. The minimum atomic E-state index is -1.37. The van der Waals surface area contributed by atoms with Crippen LogP contribution in [0.1, 0.15) is 74.7 Å². The number of hydrogen-bond donors (Lipinski definition) is 1. The second-order valence-electron chi connectivity index (χ2n) is 10.2. The van der Waals surface area contributed by atoms with Gasteiger partial charge in [-0.3, -0.25) is 19.2 Å². The third-order valence-electron chi connectivity index (χ3n) is 5.76. The van der Waals surface area contributed by atoms with Gasteiger partial charge in [0, 0.05) is 46.4 Å². The maximum absolute atomic E-state index is 12.1. The fraction of sp³-hybridized carbons (Fsp3) is 0.815. The first-order valence-electron chi connectivity index (χ1n) is 14.0. The second-order valence-corrected chi connectivity index (χ2v) is 11.6. The van der Waals surface area contributed by atoms with E-state index in [1.165, 1.54) is 27.7 Å². The zero-order valence-corrected chi connectivity index (χ0v) is 26.7. The van der Waals surface area contributed by atoms with Gasteiger partial charge in [-0.25, -0.2) is 4.67 Å². The Bertz CT molecular complexity index is 906. The maximum atomic E-state index is 12.1. The molecule has 240 valence electrons. The molecule has 0 aromatic heterocycles. The molecule has 6 atom stereocenters. The summed E-state index contributed by atoms with van der Waals surface area (Å²) in [4.78, 5) is 47.4. The van der Waals surface area contributed by atoms with Gasteiger partial charge in [0.25, 0.3) is 8.53 Å². The lowest BCUT2D eigenvalue weighted by molar-refractivity contribution is -0.277. The van der Waals surface area contributed by atoms with Gasteiger partial charge in [-0.15, -0.1) is 0 Å². The van der Waals surface area contributed by atoms with Crippen molar-refractivity contribution in [3.8, 4) is 6.07 Å². The summed E-state index contributed by atoms with van der Waals surface area (Å²) in [6.07, 6.45) is -3.10. The Balaban J connectivity index is 2.94. The molecule has 0 aromatic rings. The molecular formula is C27H46N3O11P. The molecule has 15 heteroatoms. The zero-order valence-electron chi connectivity index (χ0n) is 25.8. The predicted molar refractivity (Wildman–Crippen MR) is 150 cm³/mol. The summed E-state index contributed by atoms with van der Waals surface area (Å²) in [5.41, 5.74) is 0. The second kappa shape index (κ2) is 19.7. The van der Waals surface area contributed by atoms with Crippen LogP contribution >= 0.6 is 8.53 Å². The summed E-state index contributed by atoms with van der Waals surface area (Å²) in [6, 6.07) is 1.41. The van der Waals surface area contributed by atoms with Gasteiger partial charge in [0.05, 0.1) is 25.7 Å². The Morgan fingerprint density at radius 3 is 1.98 bits per heavy atom. The Hall–Kier alpha value is -2.40. The fourth-order valence-corrected chi connectivity index (χ4v) is 5.92. The van der Waals surface area contributed by atoms with Crippen molar-refractivity contribution in [1.29, 1.82) is 5.26 Å². The third-order valence-corrected chi connectivity index (χ3v) is 7.86. The van der Waals surface area contributed by atoms with Crippen LogP contribution in [0.25, 0.3) is 0 Å². The first kappa shape index (κ1) is 37.6. The van der Waals surface area contributed by atoms with Crippen LogP contribution in [0.2, 0.25) is 0 Å². The largest absolute Gasteiger partial charge is 0.463 e. The van der Waals surface area contributed by atoms with Crippen molar-refractivity contribution in [2.45, 2.75) is 117 Å². The topological polar surface area (TPSA) is 172 Å². The zero-order chi connectivity index (χ0) is 31.8. The average Bonchev–Trinajstić information content (AvgIpc) is 2.86. The highest BCUT2D eigenvalue weighted by Crippen LogP contribution is 2.46. The van der Waals surface area contributed by atoms with Crippen molar-refractivity contribution in [1.82, 2.24) is 9.99 Å². The first-order chi connectivity index (χ1) is 19.8. The lowest BCUT2D eigenvalue weighted by Gasteiger charge is -2.44. The number of unbranched alkanes of at least 4 members (excludes halogenated alkanes) is 1. The minimum absolute atomic E-state index is 0.177. The molecule has 1 aliphatic rings. The molecule has 0 saturated carbocycles. The summed E-state index contributed by atoms with van der Waals surface area (Å²) in [5, 5.41) is 11.5. The highest BCUT2D eigenvalue weighted by atomic mass is 31.2. The number of ether oxygens (including phenoxy) is 5. The Morgan fingerprint density at radius 2 is 1.45 bits per heavy atom. The minimum Gasteiger partial charge on any atom is -0.463 e. The number of nitriles is 1. The molecule has 0 aliphatic carbocycles. The number of rotatable bonds is 18. The molecule has 1 saturated heterocycles. The van der Waals surface area contributed by atoms with Crippen LogP contribution in [-0.2, 0) is 51.9 Å². The van der Waals surface area contributed by atoms with E-state index in [4.69, 9.17) is 38.0 Å². The summed E-state index contributed by atoms with van der Waals surface area (Å²) >= 11 is 0. The van der Waals surface area contributed by atoms with Gasteiger partial charge >= 0.3 is 17.9 Å². The molecule has 1 aliphatic heterocycles. The number of carbonyl (C=O) groups excluding carboxylic acids is 4. The Kier molecular flexibility index (Phi) is 17.7. The van der Waals surface area contributed by atoms with Crippen LogP contribution in [-0.4, -0.2) is 97.6 Å². The monoisotopic (exact) mass is 619 g/mol. The summed E-state index contributed by atoms with van der Waals surface area (Å²) in [7, 11) is -1.37. The molecule has 1 fully saturated rings. The molecule has 0 bridgehead atoms. The van der Waals surface area contributed by atoms with Crippen LogP contribution in [0.4, 0.5) is 0 Å². The molecule has 1 heterocycles. The van der Waals surface area contributed by atoms with E-state index in [1.54, 1.807) is 0 Å². The smallest absolute Gasteiger partial charge is 0.303 e. The van der Waals surface area contributed by atoms with Crippen LogP contribution < -0.4 is 5.32 Å². The molecule has 0 radical (unpaired) electrons. The van der Waals surface area contributed by atoms with E-state index in [1.807, 2.05) is 0 Å². The van der Waals surface area contributed by atoms with E-state index in [2.05, 4.69) is 43.8 Å². The summed E-state index contributed by atoms with van der Waals surface area (Å²) in [5.74, 6) is -2.40. The van der Waals surface area contributed by atoms with E-state index in [9.17, 15) is 19.2 Å². The van der Waals surface area contributed by atoms with Gasteiger partial charge in [-0.2, -0.15) is 5.26 Å². The van der Waals surface area contributed by atoms with Crippen molar-refractivity contribution in [3.05, 3.63) is 0 Å². The number of hydrogen-bond acceptors (Lipinski definition) is 13. The van der Waals surface area contributed by atoms with Crippen LogP contribution in [0, 0.1) is 11.3 Å². The van der Waals surface area contributed by atoms with Gasteiger partial charge in [0.15, 0.2) is 18.5 Å². The molecule has 1 amide bonds. The number of esters is 3. The van der Waals surface area contributed by atoms with E-state index in [-0.39, 0.29) is 38.3 Å². The van der Waals surface area contributed by atoms with E-state index < -0.39 is 63.0 Å². The van der Waals surface area contributed by atoms with Gasteiger partial charge in [-0.05, 0) is 40.5 Å². The predicted octanol–water partition coefficient (Wildman–Crippen LogP) is 2.73. The van der Waals surface area contributed by atoms with Crippen molar-refractivity contribution in [2.24, 2.45) is 0 Å². The highest BCUT2D eigenvalue weighted by molar-refractivity contribution is 7.44. The van der Waals surface area contributed by atoms with Crippen molar-refractivity contribution >= 4 is 32.3 Å². The summed E-state index contributed by atoms with van der Waals surface area (Å²) < 4.78 is 42.0. The Morgan fingerprint density at radius 1 is 0.881 bits per heavy atom. The van der Waals surface area contributed by atoms with Gasteiger partial charge in [0.1, 0.15) is 18.8 Å². The van der Waals surface area contributed by atoms with Gasteiger partial charge in [-0.1, -0.05) is 0 Å². The summed E-state index contributed by atoms with van der Waals surface area (Å²) in [6.45, 7) is 13.6. The number of carbonyl (C=O) groups is 4. The van der Waals surface area contributed by atoms with Crippen LogP contribution in [0.15, 0.2) is 0 Å². The standard InChI is InChI=1S/C27H46N3O11P/c1-17(2)30(18(3)4)42(38-15-11-12-28)37-14-10-9-13-35-27-24(29-19(5)31)26(40-22(8)34)25(39-21(7)33)23(41-27)16-36-20(6)32/h17-18,23-27H,9-11,13-16H2,1-8H3,(H,29,31)/t23?,24?,25-,26+,27+,42?/m0/s1. The lowest BCUT2D eigenvalue weighted by Crippen LogP contribution is -2.66. The van der Waals surface area contributed by atoms with Crippen LogP contribution in [0.5, 0.6) is 0 Å². The number of amides is 1. The average molecular weight is 620 g/mol. The molecule has 1 N–H and O–H groups in total. The first-order valence-corrected chi connectivity index (χ1v) is 15.1. The fourth-order valence-electron chi connectivity index (χ4n) is 4.29. The van der Waals surface area contributed by atoms with Crippen molar-refractivity contribution in [2.75, 3.05) is 26.4 Å². The van der Waals surface area contributed by atoms with E-state index in [0.717, 1.165) is 0 Å². The lowest BCUT2D eigenvalue weighted by atomic mass is 9.96. The molecule has 3 unspecified atom stereocenters. The SMILES string of the molecule is CC(=O)NC1[C@H](OCCCCOP(OCCC#N)N(C(C)C)C(C)C)OC(COC(C)=O)[C@H](OC(C)=O)[C@@H]1OC(C)=O. The van der Waals surface area contributed by atoms with Crippen molar-refractivity contribution < 1.29 is 51.9 Å². The maximum Gasteiger partial charge on any atom is 0.303 e.